The molecule has 0 aliphatic rings. The number of thiophene rings is 1. The van der Waals surface area contributed by atoms with Gasteiger partial charge < -0.3 is 0 Å². The number of Topliss-reactive ketones (excluding diaryl/α,β-unsaturated/α-hetero) is 1. The van der Waals surface area contributed by atoms with Gasteiger partial charge in [-0.3, -0.25) is 4.79 Å². The van der Waals surface area contributed by atoms with Crippen molar-refractivity contribution in [3.05, 3.63) is 56.4 Å². The maximum atomic E-state index is 13.2. The van der Waals surface area contributed by atoms with Gasteiger partial charge in [-0.25, -0.2) is 4.39 Å². The number of hydrogen-bond donors (Lipinski definition) is 0. The largest absolute Gasteiger partial charge is 0.294 e. The van der Waals surface area contributed by atoms with Crippen LogP contribution >= 0.6 is 27.3 Å². The van der Waals surface area contributed by atoms with Gasteiger partial charge in [0.25, 0.3) is 0 Å². The summed E-state index contributed by atoms with van der Waals surface area (Å²) in [7, 11) is 0. The highest BCUT2D eigenvalue weighted by atomic mass is 79.9. The van der Waals surface area contributed by atoms with E-state index in [0.717, 1.165) is 5.56 Å². The summed E-state index contributed by atoms with van der Waals surface area (Å²) in [4.78, 5) is 11.9. The molecule has 0 amide bonds. The Morgan fingerprint density at radius 2 is 2.19 bits per heavy atom. The van der Waals surface area contributed by atoms with Crippen molar-refractivity contribution in [2.45, 2.75) is 6.42 Å². The summed E-state index contributed by atoms with van der Waals surface area (Å²) in [5.74, 6) is -0.485. The summed E-state index contributed by atoms with van der Waals surface area (Å²) in [6.45, 7) is 0. The summed E-state index contributed by atoms with van der Waals surface area (Å²) in [5, 5.41) is 3.84. The third kappa shape index (κ3) is 2.39. The second kappa shape index (κ2) is 4.89. The molecule has 0 bridgehead atoms. The molecule has 16 heavy (non-hydrogen) atoms. The Hall–Kier alpha value is -1.00. The lowest BCUT2D eigenvalue weighted by Crippen LogP contribution is -2.04. The molecule has 1 aromatic heterocycles. The van der Waals surface area contributed by atoms with E-state index in [2.05, 4.69) is 15.9 Å². The molecule has 0 spiro atoms. The molecular formula is C12H8BrFOS. The first-order valence-electron chi connectivity index (χ1n) is 4.67. The standard InChI is InChI=1S/C12H8BrFOS/c13-12-9(2-1-3-10(12)14)11(15)6-8-4-5-16-7-8/h1-5,7H,6H2. The summed E-state index contributed by atoms with van der Waals surface area (Å²) in [6.07, 6.45) is 0.311. The fourth-order valence-electron chi connectivity index (χ4n) is 1.39. The van der Waals surface area contributed by atoms with Crippen LogP contribution < -0.4 is 0 Å². The fraction of sp³-hybridized carbons (Fsp3) is 0.0833. The Balaban J connectivity index is 2.24. The molecule has 82 valence electrons. The normalized spacial score (nSPS) is 10.4. The first-order chi connectivity index (χ1) is 7.68. The van der Waals surface area contributed by atoms with Crippen LogP contribution in [-0.4, -0.2) is 5.78 Å². The van der Waals surface area contributed by atoms with E-state index in [4.69, 9.17) is 0 Å². The second-order valence-electron chi connectivity index (χ2n) is 3.33. The molecule has 0 saturated heterocycles. The fourth-order valence-corrected chi connectivity index (χ4v) is 2.55. The Labute approximate surface area is 105 Å². The summed E-state index contributed by atoms with van der Waals surface area (Å²) in [6, 6.07) is 6.39. The van der Waals surface area contributed by atoms with E-state index in [-0.39, 0.29) is 10.3 Å². The van der Waals surface area contributed by atoms with Gasteiger partial charge in [-0.05, 0) is 44.4 Å². The van der Waals surface area contributed by atoms with E-state index in [9.17, 15) is 9.18 Å². The second-order valence-corrected chi connectivity index (χ2v) is 4.91. The summed E-state index contributed by atoms with van der Waals surface area (Å²) < 4.78 is 13.5. The molecule has 0 N–H and O–H groups in total. The van der Waals surface area contributed by atoms with Gasteiger partial charge in [-0.15, -0.1) is 0 Å². The number of halogens is 2. The molecule has 0 atom stereocenters. The van der Waals surface area contributed by atoms with Crippen LogP contribution in [0.2, 0.25) is 0 Å². The van der Waals surface area contributed by atoms with Crippen molar-refractivity contribution in [2.24, 2.45) is 0 Å². The highest BCUT2D eigenvalue weighted by Gasteiger charge is 2.13. The van der Waals surface area contributed by atoms with Gasteiger partial charge in [0.2, 0.25) is 0 Å². The van der Waals surface area contributed by atoms with Gasteiger partial charge >= 0.3 is 0 Å². The van der Waals surface area contributed by atoms with Gasteiger partial charge in [0, 0.05) is 12.0 Å². The molecule has 0 fully saturated rings. The lowest BCUT2D eigenvalue weighted by atomic mass is 10.1. The van der Waals surface area contributed by atoms with Crippen molar-refractivity contribution in [3.63, 3.8) is 0 Å². The Kier molecular flexibility index (Phi) is 3.51. The number of ketones is 1. The maximum Gasteiger partial charge on any atom is 0.168 e. The highest BCUT2D eigenvalue weighted by Crippen LogP contribution is 2.22. The van der Waals surface area contributed by atoms with Gasteiger partial charge in [-0.2, -0.15) is 11.3 Å². The molecule has 0 radical (unpaired) electrons. The molecule has 1 aromatic carbocycles. The number of hydrogen-bond acceptors (Lipinski definition) is 2. The predicted molar refractivity (Wildman–Crippen MR) is 66.5 cm³/mol. The van der Waals surface area contributed by atoms with Crippen LogP contribution in [0.25, 0.3) is 0 Å². The van der Waals surface area contributed by atoms with E-state index in [0.29, 0.717) is 12.0 Å². The monoisotopic (exact) mass is 298 g/mol. The number of carbonyl (C=O) groups excluding carboxylic acids is 1. The average Bonchev–Trinajstić information content (AvgIpc) is 2.74. The Morgan fingerprint density at radius 3 is 2.88 bits per heavy atom. The Bertz CT molecular complexity index is 508. The molecular weight excluding hydrogens is 291 g/mol. The van der Waals surface area contributed by atoms with Crippen LogP contribution in [0.5, 0.6) is 0 Å². The van der Waals surface area contributed by atoms with Crippen molar-refractivity contribution in [1.82, 2.24) is 0 Å². The zero-order valence-corrected chi connectivity index (χ0v) is 10.6. The molecule has 0 aliphatic heterocycles. The van der Waals surface area contributed by atoms with E-state index < -0.39 is 5.82 Å². The molecule has 0 saturated carbocycles. The number of benzene rings is 1. The minimum Gasteiger partial charge on any atom is -0.294 e. The van der Waals surface area contributed by atoms with E-state index >= 15 is 0 Å². The van der Waals surface area contributed by atoms with Crippen LogP contribution in [0.15, 0.2) is 39.5 Å². The van der Waals surface area contributed by atoms with Crippen LogP contribution in [0, 0.1) is 5.82 Å². The first kappa shape index (κ1) is 11.5. The van der Waals surface area contributed by atoms with E-state index in [1.165, 1.54) is 6.07 Å². The van der Waals surface area contributed by atoms with Gasteiger partial charge in [0.05, 0.1) is 4.47 Å². The van der Waals surface area contributed by atoms with Gasteiger partial charge in [0.15, 0.2) is 5.78 Å². The zero-order valence-electron chi connectivity index (χ0n) is 8.24. The van der Waals surface area contributed by atoms with Crippen LogP contribution in [-0.2, 0) is 6.42 Å². The SMILES string of the molecule is O=C(Cc1ccsc1)c1cccc(F)c1Br. The number of carbonyl (C=O) groups is 1. The molecule has 0 aliphatic carbocycles. The minimum absolute atomic E-state index is 0.0789. The molecule has 0 unspecified atom stereocenters. The van der Waals surface area contributed by atoms with E-state index in [1.807, 2.05) is 16.8 Å². The molecule has 1 heterocycles. The summed E-state index contributed by atoms with van der Waals surface area (Å²) >= 11 is 4.64. The lowest BCUT2D eigenvalue weighted by molar-refractivity contribution is 0.0992. The quantitative estimate of drug-likeness (QED) is 0.781. The smallest absolute Gasteiger partial charge is 0.168 e. The third-order valence-corrected chi connectivity index (χ3v) is 3.73. The topological polar surface area (TPSA) is 17.1 Å². The van der Waals surface area contributed by atoms with Crippen LogP contribution in [0.1, 0.15) is 15.9 Å². The van der Waals surface area contributed by atoms with Crippen molar-refractivity contribution in [2.75, 3.05) is 0 Å². The molecule has 4 heteroatoms. The lowest BCUT2D eigenvalue weighted by Gasteiger charge is -2.03. The van der Waals surface area contributed by atoms with E-state index in [1.54, 1.807) is 23.5 Å². The third-order valence-electron chi connectivity index (χ3n) is 2.20. The Morgan fingerprint density at radius 1 is 1.38 bits per heavy atom. The van der Waals surface area contributed by atoms with Crippen LogP contribution in [0.4, 0.5) is 4.39 Å². The first-order valence-corrected chi connectivity index (χ1v) is 6.40. The van der Waals surface area contributed by atoms with Gasteiger partial charge in [0.1, 0.15) is 5.82 Å². The van der Waals surface area contributed by atoms with Gasteiger partial charge in [-0.1, -0.05) is 12.1 Å². The highest BCUT2D eigenvalue weighted by molar-refractivity contribution is 9.10. The average molecular weight is 299 g/mol. The predicted octanol–water partition coefficient (Wildman–Crippen LogP) is 4.08. The maximum absolute atomic E-state index is 13.2. The summed E-state index contributed by atoms with van der Waals surface area (Å²) in [5.41, 5.74) is 1.36. The molecule has 2 aromatic rings. The minimum atomic E-state index is -0.406. The van der Waals surface area contributed by atoms with Crippen LogP contribution in [0.3, 0.4) is 0 Å². The molecule has 1 nitrogen and oxygen atoms in total. The van der Waals surface area contributed by atoms with Crippen molar-refractivity contribution >= 4 is 33.0 Å². The van der Waals surface area contributed by atoms with Crippen molar-refractivity contribution in [3.8, 4) is 0 Å². The number of rotatable bonds is 3. The molecule has 2 rings (SSSR count). The zero-order chi connectivity index (χ0) is 11.5. The van der Waals surface area contributed by atoms with Crippen molar-refractivity contribution < 1.29 is 9.18 Å². The van der Waals surface area contributed by atoms with Crippen molar-refractivity contribution in [1.29, 1.82) is 0 Å².